The van der Waals surface area contributed by atoms with Crippen LogP contribution in [0.25, 0.3) is 0 Å². The first kappa shape index (κ1) is 18.6. The van der Waals surface area contributed by atoms with Crippen LogP contribution in [0, 0.1) is 5.92 Å². The molecule has 1 saturated heterocycles. The summed E-state index contributed by atoms with van der Waals surface area (Å²) in [6, 6.07) is 8.35. The summed E-state index contributed by atoms with van der Waals surface area (Å²) in [6.45, 7) is 11.9. The third-order valence-electron chi connectivity index (χ3n) is 4.66. The van der Waals surface area contributed by atoms with Gasteiger partial charge in [0.15, 0.2) is 0 Å². The molecule has 0 saturated carbocycles. The van der Waals surface area contributed by atoms with Gasteiger partial charge < -0.3 is 15.0 Å². The van der Waals surface area contributed by atoms with Crippen molar-refractivity contribution in [2.24, 2.45) is 5.92 Å². The zero-order valence-electron chi connectivity index (χ0n) is 15.6. The summed E-state index contributed by atoms with van der Waals surface area (Å²) in [6.07, 6.45) is 3.04. The fourth-order valence-corrected chi connectivity index (χ4v) is 2.83. The molecule has 0 bridgehead atoms. The van der Waals surface area contributed by atoms with E-state index >= 15 is 0 Å². The molecule has 2 amide bonds. The Hall–Kier alpha value is -1.71. The van der Waals surface area contributed by atoms with Gasteiger partial charge in [0.05, 0.1) is 6.61 Å². The number of nitrogens with one attached hydrogen (secondary N) is 1. The van der Waals surface area contributed by atoms with E-state index in [1.807, 2.05) is 17.0 Å². The standard InChI is InChI=1S/C20H32N2O2/c1-16-10-13-22(14-11-16)19(23)21-12-5-15-24-18-8-6-17(7-9-18)20(2,3)4/h6-9,16H,5,10-15H2,1-4H3,(H,21,23). The van der Waals surface area contributed by atoms with E-state index in [-0.39, 0.29) is 11.4 Å². The van der Waals surface area contributed by atoms with E-state index in [4.69, 9.17) is 4.74 Å². The Morgan fingerprint density at radius 1 is 1.21 bits per heavy atom. The highest BCUT2D eigenvalue weighted by molar-refractivity contribution is 5.74. The van der Waals surface area contributed by atoms with Crippen molar-refractivity contribution in [3.8, 4) is 5.75 Å². The van der Waals surface area contributed by atoms with Gasteiger partial charge in [-0.15, -0.1) is 0 Å². The van der Waals surface area contributed by atoms with E-state index in [1.54, 1.807) is 0 Å². The molecule has 0 unspecified atom stereocenters. The summed E-state index contributed by atoms with van der Waals surface area (Å²) < 4.78 is 5.75. The number of benzene rings is 1. The van der Waals surface area contributed by atoms with Gasteiger partial charge in [-0.2, -0.15) is 0 Å². The lowest BCUT2D eigenvalue weighted by atomic mass is 9.87. The van der Waals surface area contributed by atoms with Gasteiger partial charge in [-0.25, -0.2) is 4.79 Å². The van der Waals surface area contributed by atoms with Crippen LogP contribution < -0.4 is 10.1 Å². The Kier molecular flexibility index (Phi) is 6.52. The van der Waals surface area contributed by atoms with E-state index in [2.05, 4.69) is 45.1 Å². The highest BCUT2D eigenvalue weighted by atomic mass is 16.5. The number of piperidine rings is 1. The van der Waals surface area contributed by atoms with Gasteiger partial charge in [-0.3, -0.25) is 0 Å². The van der Waals surface area contributed by atoms with Gasteiger partial charge in [0, 0.05) is 19.6 Å². The molecule has 2 rings (SSSR count). The lowest BCUT2D eigenvalue weighted by molar-refractivity contribution is 0.173. The molecule has 0 radical (unpaired) electrons. The predicted octanol–water partition coefficient (Wildman–Crippen LogP) is 4.19. The minimum absolute atomic E-state index is 0.0661. The fraction of sp³-hybridized carbons (Fsp3) is 0.650. The molecular weight excluding hydrogens is 300 g/mol. The van der Waals surface area contributed by atoms with E-state index in [0.29, 0.717) is 13.2 Å². The average molecular weight is 332 g/mol. The van der Waals surface area contributed by atoms with Crippen LogP contribution in [0.15, 0.2) is 24.3 Å². The van der Waals surface area contributed by atoms with Crippen molar-refractivity contribution in [3.63, 3.8) is 0 Å². The lowest BCUT2D eigenvalue weighted by Gasteiger charge is -2.30. The van der Waals surface area contributed by atoms with Crippen LogP contribution in [-0.2, 0) is 5.41 Å². The second-order valence-electron chi connectivity index (χ2n) is 7.88. The molecule has 1 aromatic rings. The second kappa shape index (κ2) is 8.41. The highest BCUT2D eigenvalue weighted by Gasteiger charge is 2.19. The number of hydrogen-bond acceptors (Lipinski definition) is 2. The molecule has 0 spiro atoms. The second-order valence-corrected chi connectivity index (χ2v) is 7.88. The zero-order chi connectivity index (χ0) is 17.6. The molecule has 4 nitrogen and oxygen atoms in total. The van der Waals surface area contributed by atoms with Gasteiger partial charge in [0.25, 0.3) is 0 Å². The molecule has 134 valence electrons. The SMILES string of the molecule is CC1CCN(C(=O)NCCCOc2ccc(C(C)(C)C)cc2)CC1. The van der Waals surface area contributed by atoms with Crippen molar-refractivity contribution in [2.75, 3.05) is 26.2 Å². The summed E-state index contributed by atoms with van der Waals surface area (Å²) in [5.74, 6) is 1.63. The topological polar surface area (TPSA) is 41.6 Å². The normalized spacial score (nSPS) is 16.1. The van der Waals surface area contributed by atoms with Crippen molar-refractivity contribution in [3.05, 3.63) is 29.8 Å². The van der Waals surface area contributed by atoms with Crippen molar-refractivity contribution < 1.29 is 9.53 Å². The largest absolute Gasteiger partial charge is 0.494 e. The lowest BCUT2D eigenvalue weighted by Crippen LogP contribution is -2.44. The van der Waals surface area contributed by atoms with Gasteiger partial charge in [0.1, 0.15) is 5.75 Å². The fourth-order valence-electron chi connectivity index (χ4n) is 2.83. The molecule has 0 aliphatic carbocycles. The van der Waals surface area contributed by atoms with Crippen LogP contribution in [-0.4, -0.2) is 37.2 Å². The Labute approximate surface area is 146 Å². The van der Waals surface area contributed by atoms with E-state index in [0.717, 1.165) is 44.0 Å². The Bertz CT molecular complexity index is 511. The minimum Gasteiger partial charge on any atom is -0.494 e. The van der Waals surface area contributed by atoms with Crippen LogP contribution >= 0.6 is 0 Å². The van der Waals surface area contributed by atoms with Gasteiger partial charge in [-0.1, -0.05) is 39.8 Å². The molecule has 4 heteroatoms. The van der Waals surface area contributed by atoms with Crippen molar-refractivity contribution >= 4 is 6.03 Å². The van der Waals surface area contributed by atoms with Crippen LogP contribution in [0.1, 0.15) is 52.5 Å². The minimum atomic E-state index is 0.0661. The number of hydrogen-bond donors (Lipinski definition) is 1. The molecule has 1 aliphatic rings. The average Bonchev–Trinajstić information content (AvgIpc) is 2.54. The monoisotopic (exact) mass is 332 g/mol. The first-order valence-corrected chi connectivity index (χ1v) is 9.12. The molecular formula is C20H32N2O2. The first-order valence-electron chi connectivity index (χ1n) is 9.12. The number of rotatable bonds is 5. The Balaban J connectivity index is 1.62. The first-order chi connectivity index (χ1) is 11.4. The quantitative estimate of drug-likeness (QED) is 0.821. The summed E-state index contributed by atoms with van der Waals surface area (Å²) in [4.78, 5) is 14.0. The molecule has 1 fully saturated rings. The van der Waals surface area contributed by atoms with Crippen molar-refractivity contribution in [1.82, 2.24) is 10.2 Å². The maximum atomic E-state index is 12.0. The van der Waals surface area contributed by atoms with Crippen molar-refractivity contribution in [2.45, 2.75) is 52.4 Å². The molecule has 1 aliphatic heterocycles. The maximum absolute atomic E-state index is 12.0. The van der Waals surface area contributed by atoms with Crippen molar-refractivity contribution in [1.29, 1.82) is 0 Å². The molecule has 0 atom stereocenters. The predicted molar refractivity (Wildman–Crippen MR) is 98.6 cm³/mol. The molecule has 1 heterocycles. The number of carbonyl (C=O) groups excluding carboxylic acids is 1. The summed E-state index contributed by atoms with van der Waals surface area (Å²) in [7, 11) is 0. The molecule has 0 aromatic heterocycles. The number of likely N-dealkylation sites (tertiary alicyclic amines) is 1. The smallest absolute Gasteiger partial charge is 0.317 e. The number of urea groups is 1. The Morgan fingerprint density at radius 3 is 2.42 bits per heavy atom. The van der Waals surface area contributed by atoms with Gasteiger partial charge >= 0.3 is 6.03 Å². The summed E-state index contributed by atoms with van der Waals surface area (Å²) in [5, 5.41) is 2.99. The van der Waals surface area contributed by atoms with Gasteiger partial charge in [-0.05, 0) is 48.3 Å². The third-order valence-corrected chi connectivity index (χ3v) is 4.66. The molecule has 1 aromatic carbocycles. The number of ether oxygens (including phenoxy) is 1. The van der Waals surface area contributed by atoms with E-state index in [9.17, 15) is 4.79 Å². The van der Waals surface area contributed by atoms with Crippen LogP contribution in [0.5, 0.6) is 5.75 Å². The number of carbonyl (C=O) groups is 1. The van der Waals surface area contributed by atoms with Crippen LogP contribution in [0.2, 0.25) is 0 Å². The third kappa shape index (κ3) is 5.73. The Morgan fingerprint density at radius 2 is 1.83 bits per heavy atom. The summed E-state index contributed by atoms with van der Waals surface area (Å²) in [5.41, 5.74) is 1.47. The van der Waals surface area contributed by atoms with E-state index < -0.39 is 0 Å². The van der Waals surface area contributed by atoms with Crippen LogP contribution in [0.3, 0.4) is 0 Å². The number of amides is 2. The molecule has 24 heavy (non-hydrogen) atoms. The summed E-state index contributed by atoms with van der Waals surface area (Å²) >= 11 is 0. The number of nitrogens with zero attached hydrogens (tertiary/aromatic N) is 1. The van der Waals surface area contributed by atoms with Gasteiger partial charge in [0.2, 0.25) is 0 Å². The maximum Gasteiger partial charge on any atom is 0.317 e. The van der Waals surface area contributed by atoms with E-state index in [1.165, 1.54) is 5.56 Å². The molecule has 1 N–H and O–H groups in total. The zero-order valence-corrected chi connectivity index (χ0v) is 15.6. The van der Waals surface area contributed by atoms with Crippen LogP contribution in [0.4, 0.5) is 4.79 Å². The highest BCUT2D eigenvalue weighted by Crippen LogP contribution is 2.24.